The zero-order chi connectivity index (χ0) is 14.5. The van der Waals surface area contributed by atoms with E-state index in [9.17, 15) is 0 Å². The molecule has 1 aliphatic heterocycles. The van der Waals surface area contributed by atoms with Crippen LogP contribution in [-0.2, 0) is 0 Å². The van der Waals surface area contributed by atoms with Gasteiger partial charge in [0.2, 0.25) is 0 Å². The predicted molar refractivity (Wildman–Crippen MR) is 82.7 cm³/mol. The highest BCUT2D eigenvalue weighted by atomic mass is 15.2. The Morgan fingerprint density at radius 2 is 2.00 bits per heavy atom. The van der Waals surface area contributed by atoms with Crippen LogP contribution in [0.4, 0.5) is 0 Å². The van der Waals surface area contributed by atoms with Crippen LogP contribution >= 0.6 is 0 Å². The summed E-state index contributed by atoms with van der Waals surface area (Å²) in [6.07, 6.45) is 4.67. The fourth-order valence-corrected chi connectivity index (χ4v) is 2.77. The predicted octanol–water partition coefficient (Wildman–Crippen LogP) is 2.14. The molecule has 19 heavy (non-hydrogen) atoms. The lowest BCUT2D eigenvalue weighted by molar-refractivity contribution is 0.197. The van der Waals surface area contributed by atoms with Crippen molar-refractivity contribution in [2.45, 2.75) is 52.5 Å². The second-order valence-electron chi connectivity index (χ2n) is 6.76. The van der Waals surface area contributed by atoms with Crippen LogP contribution in [0.5, 0.6) is 0 Å². The van der Waals surface area contributed by atoms with E-state index in [4.69, 9.17) is 11.1 Å². The van der Waals surface area contributed by atoms with Crippen molar-refractivity contribution in [2.24, 2.45) is 11.1 Å². The van der Waals surface area contributed by atoms with Gasteiger partial charge in [0.15, 0.2) is 0 Å². The number of likely N-dealkylation sites (N-methyl/N-ethyl adjacent to an activating group) is 1. The molecular formula is C15H32N4. The van der Waals surface area contributed by atoms with E-state index in [2.05, 4.69) is 37.6 Å². The number of nitrogens with zero attached hydrogens (tertiary/aromatic N) is 2. The van der Waals surface area contributed by atoms with Gasteiger partial charge in [0.25, 0.3) is 0 Å². The Kier molecular flexibility index (Phi) is 6.27. The van der Waals surface area contributed by atoms with Crippen LogP contribution in [-0.4, -0.2) is 54.9 Å². The van der Waals surface area contributed by atoms with E-state index in [1.165, 1.54) is 39.0 Å². The zero-order valence-corrected chi connectivity index (χ0v) is 13.2. The molecule has 1 unspecified atom stereocenters. The Hall–Kier alpha value is -0.610. The van der Waals surface area contributed by atoms with Crippen molar-refractivity contribution in [1.82, 2.24) is 9.80 Å². The first-order valence-corrected chi connectivity index (χ1v) is 7.60. The number of nitrogens with one attached hydrogen (secondary N) is 1. The molecule has 0 radical (unpaired) electrons. The highest BCUT2D eigenvalue weighted by molar-refractivity contribution is 5.82. The Labute approximate surface area is 118 Å². The number of amidine groups is 1. The van der Waals surface area contributed by atoms with Gasteiger partial charge < -0.3 is 10.6 Å². The zero-order valence-electron chi connectivity index (χ0n) is 13.2. The molecule has 0 aliphatic carbocycles. The third-order valence-electron chi connectivity index (χ3n) is 4.41. The van der Waals surface area contributed by atoms with Crippen molar-refractivity contribution in [3.05, 3.63) is 0 Å². The summed E-state index contributed by atoms with van der Waals surface area (Å²) in [5.41, 5.74) is 5.49. The maximum atomic E-state index is 7.57. The molecule has 0 aromatic heterocycles. The maximum Gasteiger partial charge on any atom is 0.0963 e. The highest BCUT2D eigenvalue weighted by Crippen LogP contribution is 2.23. The summed E-state index contributed by atoms with van der Waals surface area (Å²) < 4.78 is 0. The van der Waals surface area contributed by atoms with Crippen LogP contribution in [0.15, 0.2) is 0 Å². The average molecular weight is 268 g/mol. The SMILES string of the molecule is CC1CN(C)CCCN1CCCCC(C)(C)C(=N)N. The van der Waals surface area contributed by atoms with E-state index in [-0.39, 0.29) is 5.41 Å². The third-order valence-corrected chi connectivity index (χ3v) is 4.41. The molecule has 1 aliphatic rings. The molecule has 1 heterocycles. The van der Waals surface area contributed by atoms with E-state index in [1.807, 2.05) is 0 Å². The van der Waals surface area contributed by atoms with Crippen molar-refractivity contribution < 1.29 is 0 Å². The van der Waals surface area contributed by atoms with Gasteiger partial charge in [-0.3, -0.25) is 10.3 Å². The van der Waals surface area contributed by atoms with Crippen molar-refractivity contribution in [1.29, 1.82) is 5.41 Å². The standard InChI is InChI=1S/C15H32N4/c1-13-12-18(4)9-7-11-19(13)10-6-5-8-15(2,3)14(16)17/h13H,5-12H2,1-4H3,(H3,16,17). The first kappa shape index (κ1) is 16.4. The number of hydrogen-bond acceptors (Lipinski definition) is 3. The average Bonchev–Trinajstić information content (AvgIpc) is 2.46. The Morgan fingerprint density at radius 3 is 2.63 bits per heavy atom. The molecule has 112 valence electrons. The lowest BCUT2D eigenvalue weighted by atomic mass is 9.86. The summed E-state index contributed by atoms with van der Waals surface area (Å²) in [7, 11) is 2.22. The first-order valence-electron chi connectivity index (χ1n) is 7.60. The van der Waals surface area contributed by atoms with Crippen molar-refractivity contribution in [2.75, 3.05) is 33.2 Å². The molecule has 0 spiro atoms. The van der Waals surface area contributed by atoms with Crippen LogP contribution in [0.2, 0.25) is 0 Å². The summed E-state index contributed by atoms with van der Waals surface area (Å²) in [6, 6.07) is 0.660. The topological polar surface area (TPSA) is 56.4 Å². The highest BCUT2D eigenvalue weighted by Gasteiger charge is 2.22. The van der Waals surface area contributed by atoms with Crippen LogP contribution in [0.1, 0.15) is 46.5 Å². The number of hydrogen-bond donors (Lipinski definition) is 2. The van der Waals surface area contributed by atoms with Gasteiger partial charge in [-0.25, -0.2) is 0 Å². The van der Waals surface area contributed by atoms with E-state index in [0.29, 0.717) is 11.9 Å². The van der Waals surface area contributed by atoms with E-state index in [0.717, 1.165) is 12.8 Å². The van der Waals surface area contributed by atoms with Gasteiger partial charge in [-0.15, -0.1) is 0 Å². The first-order chi connectivity index (χ1) is 8.83. The number of rotatable bonds is 6. The molecule has 4 nitrogen and oxygen atoms in total. The molecule has 4 heteroatoms. The molecule has 0 bridgehead atoms. The summed E-state index contributed by atoms with van der Waals surface area (Å²) >= 11 is 0. The minimum atomic E-state index is -0.134. The van der Waals surface area contributed by atoms with Gasteiger partial charge >= 0.3 is 0 Å². The van der Waals surface area contributed by atoms with E-state index < -0.39 is 0 Å². The lowest BCUT2D eigenvalue weighted by Gasteiger charge is -2.28. The molecule has 1 rings (SSSR count). The molecule has 0 saturated carbocycles. The van der Waals surface area contributed by atoms with Gasteiger partial charge in [0, 0.05) is 18.0 Å². The van der Waals surface area contributed by atoms with E-state index in [1.54, 1.807) is 0 Å². The smallest absolute Gasteiger partial charge is 0.0963 e. The van der Waals surface area contributed by atoms with Crippen molar-refractivity contribution in [3.8, 4) is 0 Å². The summed E-state index contributed by atoms with van der Waals surface area (Å²) in [4.78, 5) is 5.05. The fraction of sp³-hybridized carbons (Fsp3) is 0.933. The van der Waals surface area contributed by atoms with Crippen molar-refractivity contribution in [3.63, 3.8) is 0 Å². The van der Waals surface area contributed by atoms with Crippen LogP contribution in [0, 0.1) is 10.8 Å². The Morgan fingerprint density at radius 1 is 1.32 bits per heavy atom. The molecule has 1 fully saturated rings. The molecule has 1 saturated heterocycles. The fourth-order valence-electron chi connectivity index (χ4n) is 2.77. The molecule has 0 amide bonds. The summed E-state index contributed by atoms with van der Waals surface area (Å²) in [6.45, 7) is 11.3. The monoisotopic (exact) mass is 268 g/mol. The largest absolute Gasteiger partial charge is 0.387 e. The molecule has 3 N–H and O–H groups in total. The molecule has 1 atom stereocenters. The van der Waals surface area contributed by atoms with Gasteiger partial charge in [0.05, 0.1) is 5.84 Å². The maximum absolute atomic E-state index is 7.57. The second kappa shape index (κ2) is 7.25. The minimum absolute atomic E-state index is 0.134. The van der Waals surface area contributed by atoms with Crippen LogP contribution < -0.4 is 5.73 Å². The summed E-state index contributed by atoms with van der Waals surface area (Å²) in [5, 5.41) is 7.57. The number of nitrogens with two attached hydrogens (primary N) is 1. The van der Waals surface area contributed by atoms with Crippen LogP contribution in [0.3, 0.4) is 0 Å². The molecule has 0 aromatic carbocycles. The van der Waals surface area contributed by atoms with Crippen LogP contribution in [0.25, 0.3) is 0 Å². The minimum Gasteiger partial charge on any atom is -0.387 e. The van der Waals surface area contributed by atoms with Gasteiger partial charge in [-0.2, -0.15) is 0 Å². The Bertz CT molecular complexity index is 288. The van der Waals surface area contributed by atoms with Crippen molar-refractivity contribution >= 4 is 5.84 Å². The van der Waals surface area contributed by atoms with E-state index >= 15 is 0 Å². The summed E-state index contributed by atoms with van der Waals surface area (Å²) in [5.74, 6) is 0.317. The number of unbranched alkanes of at least 4 members (excludes halogenated alkanes) is 1. The quantitative estimate of drug-likeness (QED) is 0.441. The Balaban J connectivity index is 2.27. The molecular weight excluding hydrogens is 236 g/mol. The lowest BCUT2D eigenvalue weighted by Crippen LogP contribution is -2.38. The van der Waals surface area contributed by atoms with Gasteiger partial charge in [-0.1, -0.05) is 20.3 Å². The third kappa shape index (κ3) is 5.49. The molecule has 0 aromatic rings. The van der Waals surface area contributed by atoms with Gasteiger partial charge in [-0.05, 0) is 52.9 Å². The normalized spacial score (nSPS) is 23.3. The van der Waals surface area contributed by atoms with Gasteiger partial charge in [0.1, 0.15) is 0 Å². The second-order valence-corrected chi connectivity index (χ2v) is 6.76.